The molecule has 0 aromatic rings. The molecule has 15 heavy (non-hydrogen) atoms. The number of amides is 1. The molecule has 1 fully saturated rings. The van der Waals surface area contributed by atoms with Crippen molar-refractivity contribution in [2.45, 2.75) is 39.7 Å². The van der Waals surface area contributed by atoms with Gasteiger partial charge in [0.25, 0.3) is 0 Å². The van der Waals surface area contributed by atoms with Crippen LogP contribution in [0.4, 0.5) is 0 Å². The van der Waals surface area contributed by atoms with E-state index >= 15 is 0 Å². The number of nitrogens with zero attached hydrogens (tertiary/aromatic N) is 1. The monoisotopic (exact) mass is 210 g/mol. The van der Waals surface area contributed by atoms with Crippen LogP contribution in [0.3, 0.4) is 0 Å². The van der Waals surface area contributed by atoms with E-state index in [4.69, 9.17) is 5.73 Å². The number of carbonyl (C=O) groups is 1. The van der Waals surface area contributed by atoms with Gasteiger partial charge in [0, 0.05) is 24.7 Å². The van der Waals surface area contributed by atoms with E-state index in [2.05, 4.69) is 0 Å². The fourth-order valence-corrected chi connectivity index (χ4v) is 2.00. The van der Waals surface area contributed by atoms with Crippen molar-refractivity contribution in [2.75, 3.05) is 13.1 Å². The highest BCUT2D eigenvalue weighted by molar-refractivity contribution is 5.92. The first-order valence-electron chi connectivity index (χ1n) is 5.74. The zero-order valence-electron chi connectivity index (χ0n) is 9.99. The van der Waals surface area contributed by atoms with E-state index in [0.717, 1.165) is 31.5 Å². The first-order chi connectivity index (χ1) is 7.06. The number of nitrogens with two attached hydrogens (primary N) is 1. The van der Waals surface area contributed by atoms with E-state index in [0.29, 0.717) is 5.92 Å². The van der Waals surface area contributed by atoms with Crippen LogP contribution < -0.4 is 5.73 Å². The number of hydrogen-bond acceptors (Lipinski definition) is 2. The molecule has 2 N–H and O–H groups in total. The minimum Gasteiger partial charge on any atom is -0.339 e. The zero-order valence-corrected chi connectivity index (χ0v) is 9.99. The highest BCUT2D eigenvalue weighted by Gasteiger charge is 2.25. The van der Waals surface area contributed by atoms with Crippen molar-refractivity contribution >= 4 is 5.91 Å². The second-order valence-corrected chi connectivity index (χ2v) is 4.48. The SMILES string of the molecule is C/C=C(/C)C(=O)N1CCC[C@@H]([C@@H](C)N)C1. The lowest BCUT2D eigenvalue weighted by molar-refractivity contribution is -0.128. The molecule has 3 nitrogen and oxygen atoms in total. The molecule has 2 atom stereocenters. The molecule has 0 aromatic carbocycles. The van der Waals surface area contributed by atoms with Gasteiger partial charge in [-0.15, -0.1) is 0 Å². The van der Waals surface area contributed by atoms with E-state index in [1.165, 1.54) is 0 Å². The largest absolute Gasteiger partial charge is 0.339 e. The molecule has 0 aromatic heterocycles. The van der Waals surface area contributed by atoms with Crippen LogP contribution in [0.5, 0.6) is 0 Å². The Morgan fingerprint density at radius 2 is 2.27 bits per heavy atom. The van der Waals surface area contributed by atoms with Gasteiger partial charge in [-0.2, -0.15) is 0 Å². The van der Waals surface area contributed by atoms with Gasteiger partial charge in [-0.05, 0) is 39.5 Å². The summed E-state index contributed by atoms with van der Waals surface area (Å²) in [5, 5.41) is 0. The maximum absolute atomic E-state index is 11.9. The standard InChI is InChI=1S/C12H22N2O/c1-4-9(2)12(15)14-7-5-6-11(8-14)10(3)13/h4,10-11H,5-8,13H2,1-3H3/b9-4-/t10-,11-/m1/s1. The minimum atomic E-state index is 0.169. The number of carbonyl (C=O) groups excluding carboxylic acids is 1. The lowest BCUT2D eigenvalue weighted by atomic mass is 9.92. The summed E-state index contributed by atoms with van der Waals surface area (Å²) >= 11 is 0. The van der Waals surface area contributed by atoms with Gasteiger partial charge in [0.2, 0.25) is 5.91 Å². The quantitative estimate of drug-likeness (QED) is 0.703. The predicted octanol–water partition coefficient (Wildman–Crippen LogP) is 1.54. The fraction of sp³-hybridized carbons (Fsp3) is 0.750. The minimum absolute atomic E-state index is 0.169. The second kappa shape index (κ2) is 5.31. The maximum atomic E-state index is 11.9. The van der Waals surface area contributed by atoms with Crippen LogP contribution in [0.1, 0.15) is 33.6 Å². The summed E-state index contributed by atoms with van der Waals surface area (Å²) in [7, 11) is 0. The Bertz CT molecular complexity index is 258. The Morgan fingerprint density at radius 1 is 1.60 bits per heavy atom. The van der Waals surface area contributed by atoms with Crippen LogP contribution in [-0.4, -0.2) is 29.9 Å². The topological polar surface area (TPSA) is 46.3 Å². The molecule has 0 radical (unpaired) electrons. The third-order valence-corrected chi connectivity index (χ3v) is 3.26. The summed E-state index contributed by atoms with van der Waals surface area (Å²) in [4.78, 5) is 13.9. The van der Waals surface area contributed by atoms with E-state index in [1.807, 2.05) is 31.7 Å². The second-order valence-electron chi connectivity index (χ2n) is 4.48. The molecule has 1 saturated heterocycles. The van der Waals surface area contributed by atoms with Gasteiger partial charge in [0.1, 0.15) is 0 Å². The maximum Gasteiger partial charge on any atom is 0.249 e. The van der Waals surface area contributed by atoms with Gasteiger partial charge in [0.05, 0.1) is 0 Å². The van der Waals surface area contributed by atoms with Gasteiger partial charge < -0.3 is 10.6 Å². The van der Waals surface area contributed by atoms with Crippen LogP contribution in [0, 0.1) is 5.92 Å². The number of piperidine rings is 1. The average Bonchev–Trinajstić information content (AvgIpc) is 2.27. The van der Waals surface area contributed by atoms with Crippen LogP contribution in [-0.2, 0) is 4.79 Å². The number of hydrogen-bond donors (Lipinski definition) is 1. The van der Waals surface area contributed by atoms with Gasteiger partial charge in [-0.1, -0.05) is 6.08 Å². The normalized spacial score (nSPS) is 25.2. The molecular formula is C12H22N2O. The molecule has 1 heterocycles. The highest BCUT2D eigenvalue weighted by atomic mass is 16.2. The number of rotatable bonds is 2. The van der Waals surface area contributed by atoms with E-state index < -0.39 is 0 Å². The van der Waals surface area contributed by atoms with Crippen LogP contribution in [0.2, 0.25) is 0 Å². The van der Waals surface area contributed by atoms with Gasteiger partial charge in [0.15, 0.2) is 0 Å². The van der Waals surface area contributed by atoms with Gasteiger partial charge in [-0.3, -0.25) is 4.79 Å². The van der Waals surface area contributed by atoms with Gasteiger partial charge >= 0.3 is 0 Å². The van der Waals surface area contributed by atoms with Crippen molar-refractivity contribution in [3.63, 3.8) is 0 Å². The lowest BCUT2D eigenvalue weighted by Crippen LogP contribution is -2.45. The Morgan fingerprint density at radius 3 is 2.80 bits per heavy atom. The molecule has 1 aliphatic heterocycles. The summed E-state index contributed by atoms with van der Waals surface area (Å²) in [6, 6.07) is 0.187. The van der Waals surface area contributed by atoms with Crippen LogP contribution in [0.15, 0.2) is 11.6 Å². The summed E-state index contributed by atoms with van der Waals surface area (Å²) in [5.41, 5.74) is 6.72. The first kappa shape index (κ1) is 12.2. The van der Waals surface area contributed by atoms with Crippen molar-refractivity contribution < 1.29 is 4.79 Å². The summed E-state index contributed by atoms with van der Waals surface area (Å²) in [6.07, 6.45) is 4.10. The third-order valence-electron chi connectivity index (χ3n) is 3.26. The molecule has 1 aliphatic rings. The van der Waals surface area contributed by atoms with E-state index in [9.17, 15) is 4.79 Å². The molecule has 1 amide bonds. The number of likely N-dealkylation sites (tertiary alicyclic amines) is 1. The van der Waals surface area contributed by atoms with Crippen molar-refractivity contribution in [3.05, 3.63) is 11.6 Å². The predicted molar refractivity (Wildman–Crippen MR) is 62.4 cm³/mol. The molecule has 0 aliphatic carbocycles. The highest BCUT2D eigenvalue weighted by Crippen LogP contribution is 2.20. The van der Waals surface area contributed by atoms with Crippen molar-refractivity contribution in [1.82, 2.24) is 4.90 Å². The molecule has 86 valence electrons. The third kappa shape index (κ3) is 3.06. The van der Waals surface area contributed by atoms with Crippen molar-refractivity contribution in [2.24, 2.45) is 11.7 Å². The summed E-state index contributed by atoms with van der Waals surface area (Å²) in [6.45, 7) is 7.51. The van der Waals surface area contributed by atoms with Crippen LogP contribution >= 0.6 is 0 Å². The van der Waals surface area contributed by atoms with Gasteiger partial charge in [-0.25, -0.2) is 0 Å². The zero-order chi connectivity index (χ0) is 11.4. The first-order valence-corrected chi connectivity index (χ1v) is 5.74. The number of allylic oxidation sites excluding steroid dienone is 1. The summed E-state index contributed by atoms with van der Waals surface area (Å²) < 4.78 is 0. The van der Waals surface area contributed by atoms with Crippen molar-refractivity contribution in [3.8, 4) is 0 Å². The Balaban J connectivity index is 2.60. The Labute approximate surface area is 92.3 Å². The Hall–Kier alpha value is -0.830. The molecular weight excluding hydrogens is 188 g/mol. The molecule has 0 saturated carbocycles. The Kier molecular flexibility index (Phi) is 4.33. The molecule has 0 bridgehead atoms. The molecule has 3 heteroatoms. The summed E-state index contributed by atoms with van der Waals surface area (Å²) in [5.74, 6) is 0.634. The van der Waals surface area contributed by atoms with E-state index in [-0.39, 0.29) is 11.9 Å². The van der Waals surface area contributed by atoms with Crippen molar-refractivity contribution in [1.29, 1.82) is 0 Å². The molecule has 1 rings (SSSR count). The van der Waals surface area contributed by atoms with E-state index in [1.54, 1.807) is 0 Å². The molecule has 0 unspecified atom stereocenters. The van der Waals surface area contributed by atoms with Crippen LogP contribution in [0.25, 0.3) is 0 Å². The fourth-order valence-electron chi connectivity index (χ4n) is 2.00. The molecule has 0 spiro atoms. The smallest absolute Gasteiger partial charge is 0.249 e. The lowest BCUT2D eigenvalue weighted by Gasteiger charge is -2.34. The average molecular weight is 210 g/mol.